The summed E-state index contributed by atoms with van der Waals surface area (Å²) in [6, 6.07) is 0. The van der Waals surface area contributed by atoms with Crippen molar-refractivity contribution in [3.05, 3.63) is 0 Å². The normalized spacial score (nSPS) is 22.5. The zero-order chi connectivity index (χ0) is 7.23. The Kier molecular flexibility index (Phi) is 3.72. The maximum atomic E-state index is 5.40. The van der Waals surface area contributed by atoms with Crippen LogP contribution in [0.25, 0.3) is 0 Å². The third kappa shape index (κ3) is 2.64. The largest absolute Gasteiger partial charge is 0.329 e. The lowest BCUT2D eigenvalue weighted by atomic mass is 10.2. The van der Waals surface area contributed by atoms with E-state index in [-0.39, 0.29) is 0 Å². The minimum Gasteiger partial charge on any atom is -0.329 e. The maximum Gasteiger partial charge on any atom is 0.0685 e. The van der Waals surface area contributed by atoms with Gasteiger partial charge in [-0.15, -0.1) is 0 Å². The van der Waals surface area contributed by atoms with E-state index in [1.165, 1.54) is 19.3 Å². The Balaban J connectivity index is 2.15. The average Bonchev–Trinajstić information content (AvgIpc) is 2.17. The van der Waals surface area contributed by atoms with Gasteiger partial charge in [0, 0.05) is 19.6 Å². The molecule has 1 heterocycles. The van der Waals surface area contributed by atoms with Gasteiger partial charge in [-0.05, 0) is 19.3 Å². The second-order valence-corrected chi connectivity index (χ2v) is 2.61. The first-order valence-electron chi connectivity index (χ1n) is 4.01. The fraction of sp³-hybridized carbons (Fsp3) is 1.00. The van der Waals surface area contributed by atoms with Crippen LogP contribution in [0.15, 0.2) is 0 Å². The first kappa shape index (κ1) is 7.98. The monoisotopic (exact) mass is 144 g/mol. The molecule has 0 saturated carbocycles. The molecule has 1 fully saturated rings. The molecule has 0 aromatic rings. The summed E-state index contributed by atoms with van der Waals surface area (Å²) in [4.78, 5) is 5.40. The van der Waals surface area contributed by atoms with Crippen LogP contribution in [0.1, 0.15) is 19.3 Å². The van der Waals surface area contributed by atoms with Crippen LogP contribution < -0.4 is 5.73 Å². The summed E-state index contributed by atoms with van der Waals surface area (Å²) in [6.45, 7) is 3.50. The smallest absolute Gasteiger partial charge is 0.0685 e. The molecule has 1 rings (SSSR count). The fourth-order valence-corrected chi connectivity index (χ4v) is 1.15. The molecule has 2 N–H and O–H groups in total. The highest BCUT2D eigenvalue weighted by Gasteiger charge is 2.06. The number of nitrogens with two attached hydrogens (primary N) is 1. The van der Waals surface area contributed by atoms with E-state index >= 15 is 0 Å². The van der Waals surface area contributed by atoms with Crippen molar-refractivity contribution < 1.29 is 4.84 Å². The van der Waals surface area contributed by atoms with E-state index in [0.717, 1.165) is 19.7 Å². The molecule has 0 amide bonds. The van der Waals surface area contributed by atoms with Crippen molar-refractivity contribution in [2.24, 2.45) is 5.73 Å². The van der Waals surface area contributed by atoms with E-state index < -0.39 is 0 Å². The lowest BCUT2D eigenvalue weighted by Gasteiger charge is -2.17. The van der Waals surface area contributed by atoms with Gasteiger partial charge < -0.3 is 5.73 Å². The van der Waals surface area contributed by atoms with Crippen molar-refractivity contribution in [1.29, 1.82) is 0 Å². The van der Waals surface area contributed by atoms with Crippen LogP contribution in [-0.4, -0.2) is 31.3 Å². The van der Waals surface area contributed by atoms with Gasteiger partial charge in [-0.2, -0.15) is 5.06 Å². The third-order valence-corrected chi connectivity index (χ3v) is 1.70. The van der Waals surface area contributed by atoms with Gasteiger partial charge in [-0.1, -0.05) is 0 Å². The Morgan fingerprint density at radius 2 is 2.20 bits per heavy atom. The minimum atomic E-state index is 0.694. The number of rotatable bonds is 2. The summed E-state index contributed by atoms with van der Waals surface area (Å²) in [5.74, 6) is 0. The van der Waals surface area contributed by atoms with E-state index in [2.05, 4.69) is 0 Å². The minimum absolute atomic E-state index is 0.694. The van der Waals surface area contributed by atoms with Crippen molar-refractivity contribution in [2.45, 2.75) is 19.3 Å². The van der Waals surface area contributed by atoms with Crippen molar-refractivity contribution >= 4 is 0 Å². The molecule has 1 aliphatic rings. The summed E-state index contributed by atoms with van der Waals surface area (Å²) >= 11 is 0. The quantitative estimate of drug-likeness (QED) is 0.608. The summed E-state index contributed by atoms with van der Waals surface area (Å²) < 4.78 is 0. The SMILES string of the molecule is NCCN1CCCCCO1. The molecule has 1 aliphatic heterocycles. The number of nitrogens with zero attached hydrogens (tertiary/aromatic N) is 1. The van der Waals surface area contributed by atoms with Crippen molar-refractivity contribution in [1.82, 2.24) is 5.06 Å². The van der Waals surface area contributed by atoms with Crippen LogP contribution in [0.4, 0.5) is 0 Å². The topological polar surface area (TPSA) is 38.5 Å². The first-order valence-corrected chi connectivity index (χ1v) is 4.01. The molecule has 3 heteroatoms. The molecule has 0 bridgehead atoms. The van der Waals surface area contributed by atoms with Crippen LogP contribution in [0, 0.1) is 0 Å². The lowest BCUT2D eigenvalue weighted by molar-refractivity contribution is -0.149. The Bertz CT molecular complexity index is 79.7. The molecule has 3 nitrogen and oxygen atoms in total. The van der Waals surface area contributed by atoms with Crippen LogP contribution in [0.3, 0.4) is 0 Å². The number of hydroxylamine groups is 2. The highest BCUT2D eigenvalue weighted by molar-refractivity contribution is 4.52. The van der Waals surface area contributed by atoms with Gasteiger partial charge in [-0.25, -0.2) is 0 Å². The molecule has 10 heavy (non-hydrogen) atoms. The molecule has 0 aromatic carbocycles. The maximum absolute atomic E-state index is 5.40. The molecular formula is C7H16N2O. The highest BCUT2D eigenvalue weighted by atomic mass is 16.7. The van der Waals surface area contributed by atoms with E-state index in [9.17, 15) is 0 Å². The van der Waals surface area contributed by atoms with Gasteiger partial charge in [0.1, 0.15) is 0 Å². The van der Waals surface area contributed by atoms with Crippen molar-refractivity contribution in [3.63, 3.8) is 0 Å². The van der Waals surface area contributed by atoms with Gasteiger partial charge in [0.05, 0.1) is 6.61 Å². The summed E-state index contributed by atoms with van der Waals surface area (Å²) in [5.41, 5.74) is 5.39. The molecule has 0 aromatic heterocycles. The predicted molar refractivity (Wildman–Crippen MR) is 40.4 cm³/mol. The average molecular weight is 144 g/mol. The van der Waals surface area contributed by atoms with Gasteiger partial charge in [-0.3, -0.25) is 4.84 Å². The van der Waals surface area contributed by atoms with Crippen LogP contribution in [0.2, 0.25) is 0 Å². The van der Waals surface area contributed by atoms with Crippen LogP contribution in [0.5, 0.6) is 0 Å². The molecule has 0 radical (unpaired) electrons. The van der Waals surface area contributed by atoms with Crippen LogP contribution >= 0.6 is 0 Å². The van der Waals surface area contributed by atoms with Crippen molar-refractivity contribution in [2.75, 3.05) is 26.2 Å². The summed E-state index contributed by atoms with van der Waals surface area (Å²) in [6.07, 6.45) is 3.74. The summed E-state index contributed by atoms with van der Waals surface area (Å²) in [7, 11) is 0. The van der Waals surface area contributed by atoms with E-state index in [4.69, 9.17) is 10.6 Å². The van der Waals surface area contributed by atoms with Crippen molar-refractivity contribution in [3.8, 4) is 0 Å². The molecule has 60 valence electrons. The Morgan fingerprint density at radius 3 is 3.00 bits per heavy atom. The van der Waals surface area contributed by atoms with Gasteiger partial charge in [0.2, 0.25) is 0 Å². The van der Waals surface area contributed by atoms with E-state index in [1.807, 2.05) is 5.06 Å². The molecule has 0 unspecified atom stereocenters. The van der Waals surface area contributed by atoms with Crippen LogP contribution in [-0.2, 0) is 4.84 Å². The van der Waals surface area contributed by atoms with Gasteiger partial charge in [0.25, 0.3) is 0 Å². The third-order valence-electron chi connectivity index (χ3n) is 1.70. The zero-order valence-electron chi connectivity index (χ0n) is 6.38. The van der Waals surface area contributed by atoms with Gasteiger partial charge in [0.15, 0.2) is 0 Å². The van der Waals surface area contributed by atoms with Gasteiger partial charge >= 0.3 is 0 Å². The Hall–Kier alpha value is -0.120. The molecular weight excluding hydrogens is 128 g/mol. The zero-order valence-corrected chi connectivity index (χ0v) is 6.38. The number of hydrogen-bond donors (Lipinski definition) is 1. The van der Waals surface area contributed by atoms with E-state index in [1.54, 1.807) is 0 Å². The summed E-state index contributed by atoms with van der Waals surface area (Å²) in [5, 5.41) is 1.98. The predicted octanol–water partition coefficient (Wildman–Crippen LogP) is 0.363. The molecule has 0 spiro atoms. The Labute approximate surface area is 62.1 Å². The number of hydrogen-bond acceptors (Lipinski definition) is 3. The second kappa shape index (κ2) is 4.66. The highest BCUT2D eigenvalue weighted by Crippen LogP contribution is 2.05. The molecule has 0 aliphatic carbocycles. The fourth-order valence-electron chi connectivity index (χ4n) is 1.15. The second-order valence-electron chi connectivity index (χ2n) is 2.61. The molecule has 1 saturated heterocycles. The molecule has 0 atom stereocenters. The lowest BCUT2D eigenvalue weighted by Crippen LogP contribution is -2.29. The Morgan fingerprint density at radius 1 is 1.30 bits per heavy atom. The standard InChI is InChI=1S/C7H16N2O/c8-4-6-9-5-2-1-3-7-10-9/h1-8H2. The first-order chi connectivity index (χ1) is 4.93. The van der Waals surface area contributed by atoms with E-state index in [0.29, 0.717) is 6.54 Å².